The number of carboxylic acids is 1. The number of nitro groups is 1. The number of non-ortho nitro benzene ring substituents is 1. The summed E-state index contributed by atoms with van der Waals surface area (Å²) in [6.45, 7) is 1.78. The number of carboxylic acid groups (broad SMARTS) is 1. The van der Waals surface area contributed by atoms with Gasteiger partial charge in [0.1, 0.15) is 17.4 Å². The summed E-state index contributed by atoms with van der Waals surface area (Å²) in [4.78, 5) is 21.3. The summed E-state index contributed by atoms with van der Waals surface area (Å²) in [5.74, 6) is -0.641. The first-order chi connectivity index (χ1) is 9.32. The number of ether oxygens (including phenoxy) is 1. The number of aryl methyl sites for hydroxylation is 1. The molecule has 1 aromatic rings. The van der Waals surface area contributed by atoms with Gasteiger partial charge in [0.15, 0.2) is 0 Å². The Morgan fingerprint density at radius 1 is 1.60 bits per heavy atom. The molecule has 3 N–H and O–H groups in total. The molecule has 2 atom stereocenters. The van der Waals surface area contributed by atoms with Gasteiger partial charge in [-0.2, -0.15) is 0 Å². The third-order valence-electron chi connectivity index (χ3n) is 3.61. The molecule has 0 bridgehead atoms. The van der Waals surface area contributed by atoms with Crippen LogP contribution in [-0.4, -0.2) is 27.6 Å². The van der Waals surface area contributed by atoms with Crippen molar-refractivity contribution in [1.82, 2.24) is 0 Å². The molecule has 0 aliphatic heterocycles. The summed E-state index contributed by atoms with van der Waals surface area (Å²) in [7, 11) is 0. The minimum atomic E-state index is -1.26. The zero-order chi connectivity index (χ0) is 14.9. The fourth-order valence-corrected chi connectivity index (χ4v) is 2.33. The van der Waals surface area contributed by atoms with Gasteiger partial charge in [-0.1, -0.05) is 0 Å². The molecule has 0 heterocycles. The molecule has 1 aromatic carbocycles. The second-order valence-corrected chi connectivity index (χ2v) is 5.15. The van der Waals surface area contributed by atoms with E-state index in [0.29, 0.717) is 18.6 Å². The van der Waals surface area contributed by atoms with Gasteiger partial charge >= 0.3 is 5.97 Å². The Hall–Kier alpha value is -2.15. The third kappa shape index (κ3) is 2.72. The smallest absolute Gasteiger partial charge is 0.323 e. The molecule has 1 aliphatic carbocycles. The molecule has 2 unspecified atom stereocenters. The van der Waals surface area contributed by atoms with Crippen LogP contribution >= 0.6 is 0 Å². The molecular weight excluding hydrogens is 264 g/mol. The summed E-state index contributed by atoms with van der Waals surface area (Å²) in [6, 6.07) is 4.36. The lowest BCUT2D eigenvalue weighted by Gasteiger charge is -2.19. The zero-order valence-corrected chi connectivity index (χ0v) is 11.0. The van der Waals surface area contributed by atoms with Gasteiger partial charge in [-0.15, -0.1) is 0 Å². The normalized spacial score (nSPS) is 25.4. The minimum absolute atomic E-state index is 0.0548. The fraction of sp³-hybridized carbons (Fsp3) is 0.462. The van der Waals surface area contributed by atoms with Crippen molar-refractivity contribution in [1.29, 1.82) is 0 Å². The van der Waals surface area contributed by atoms with Crippen molar-refractivity contribution < 1.29 is 19.6 Å². The van der Waals surface area contributed by atoms with Gasteiger partial charge < -0.3 is 15.6 Å². The number of carbonyl (C=O) groups is 1. The van der Waals surface area contributed by atoms with E-state index in [1.54, 1.807) is 13.0 Å². The van der Waals surface area contributed by atoms with E-state index in [0.717, 1.165) is 5.56 Å². The number of hydrogen-bond donors (Lipinski definition) is 2. The summed E-state index contributed by atoms with van der Waals surface area (Å²) >= 11 is 0. The topological polar surface area (TPSA) is 116 Å². The molecule has 20 heavy (non-hydrogen) atoms. The van der Waals surface area contributed by atoms with E-state index in [1.807, 2.05) is 0 Å². The molecule has 1 fully saturated rings. The lowest BCUT2D eigenvalue weighted by molar-refractivity contribution is -0.385. The van der Waals surface area contributed by atoms with Crippen molar-refractivity contribution >= 4 is 11.7 Å². The van der Waals surface area contributed by atoms with Gasteiger partial charge in [-0.3, -0.25) is 14.9 Å². The SMILES string of the molecule is Cc1ccc([N+](=O)[O-])cc1OC1CCC(N)(C(=O)O)C1. The molecule has 7 nitrogen and oxygen atoms in total. The Balaban J connectivity index is 2.14. The standard InChI is InChI=1S/C13H16N2O5/c1-8-2-3-9(15(18)19)6-11(8)20-10-4-5-13(14,7-10)12(16)17/h2-3,6,10H,4-5,7,14H2,1H3,(H,16,17). The quantitative estimate of drug-likeness (QED) is 0.639. The highest BCUT2D eigenvalue weighted by molar-refractivity contribution is 5.79. The molecule has 7 heteroatoms. The highest BCUT2D eigenvalue weighted by Gasteiger charge is 2.43. The molecular formula is C13H16N2O5. The number of nitrogens with zero attached hydrogens (tertiary/aromatic N) is 1. The van der Waals surface area contributed by atoms with E-state index in [-0.39, 0.29) is 18.2 Å². The summed E-state index contributed by atoms with van der Waals surface area (Å²) in [5.41, 5.74) is 5.22. The first kappa shape index (κ1) is 14.3. The van der Waals surface area contributed by atoms with Crippen molar-refractivity contribution in [2.24, 2.45) is 5.73 Å². The highest BCUT2D eigenvalue weighted by Crippen LogP contribution is 2.33. The van der Waals surface area contributed by atoms with Gasteiger partial charge in [-0.05, 0) is 31.4 Å². The van der Waals surface area contributed by atoms with Crippen LogP contribution in [0.1, 0.15) is 24.8 Å². The zero-order valence-electron chi connectivity index (χ0n) is 11.0. The molecule has 0 radical (unpaired) electrons. The largest absolute Gasteiger partial charge is 0.490 e. The lowest BCUT2D eigenvalue weighted by Crippen LogP contribution is -2.46. The molecule has 0 aromatic heterocycles. The van der Waals surface area contributed by atoms with Gasteiger partial charge in [0.25, 0.3) is 5.69 Å². The monoisotopic (exact) mass is 280 g/mol. The van der Waals surface area contributed by atoms with Crippen LogP contribution in [0.3, 0.4) is 0 Å². The third-order valence-corrected chi connectivity index (χ3v) is 3.61. The second kappa shape index (κ2) is 5.09. The number of benzene rings is 1. The Morgan fingerprint density at radius 2 is 2.30 bits per heavy atom. The first-order valence-electron chi connectivity index (χ1n) is 6.26. The summed E-state index contributed by atoms with van der Waals surface area (Å²) < 4.78 is 5.69. The Labute approximate surface area is 115 Å². The molecule has 0 saturated heterocycles. The number of hydrogen-bond acceptors (Lipinski definition) is 5. The van der Waals surface area contributed by atoms with Gasteiger partial charge in [0.05, 0.1) is 11.0 Å². The van der Waals surface area contributed by atoms with Crippen LogP contribution in [0.2, 0.25) is 0 Å². The van der Waals surface area contributed by atoms with E-state index >= 15 is 0 Å². The maximum absolute atomic E-state index is 11.1. The van der Waals surface area contributed by atoms with Crippen LogP contribution in [-0.2, 0) is 4.79 Å². The van der Waals surface area contributed by atoms with Crippen LogP contribution in [0, 0.1) is 17.0 Å². The molecule has 0 spiro atoms. The molecule has 1 aliphatic rings. The number of aliphatic carboxylic acids is 1. The average Bonchev–Trinajstić information content (AvgIpc) is 2.75. The van der Waals surface area contributed by atoms with Crippen molar-refractivity contribution in [2.75, 3.05) is 0 Å². The summed E-state index contributed by atoms with van der Waals surface area (Å²) in [6.07, 6.45) is 0.716. The van der Waals surface area contributed by atoms with E-state index < -0.39 is 16.4 Å². The fourth-order valence-electron chi connectivity index (χ4n) is 2.33. The molecule has 1 saturated carbocycles. The molecule has 0 amide bonds. The van der Waals surface area contributed by atoms with Crippen LogP contribution in [0.4, 0.5) is 5.69 Å². The minimum Gasteiger partial charge on any atom is -0.490 e. The lowest BCUT2D eigenvalue weighted by atomic mass is 10.00. The van der Waals surface area contributed by atoms with Crippen LogP contribution in [0.5, 0.6) is 5.75 Å². The molecule has 2 rings (SSSR count). The van der Waals surface area contributed by atoms with Crippen LogP contribution < -0.4 is 10.5 Å². The number of nitrogens with two attached hydrogens (primary N) is 1. The van der Waals surface area contributed by atoms with Crippen LogP contribution in [0.25, 0.3) is 0 Å². The van der Waals surface area contributed by atoms with Gasteiger partial charge in [0, 0.05) is 12.5 Å². The Bertz CT molecular complexity index is 560. The van der Waals surface area contributed by atoms with E-state index in [2.05, 4.69) is 0 Å². The van der Waals surface area contributed by atoms with Crippen molar-refractivity contribution in [3.63, 3.8) is 0 Å². The van der Waals surface area contributed by atoms with Gasteiger partial charge in [-0.25, -0.2) is 0 Å². The molecule has 108 valence electrons. The summed E-state index contributed by atoms with van der Waals surface area (Å²) in [5, 5.41) is 19.8. The van der Waals surface area contributed by atoms with E-state index in [1.165, 1.54) is 12.1 Å². The van der Waals surface area contributed by atoms with E-state index in [9.17, 15) is 14.9 Å². The predicted molar refractivity (Wildman–Crippen MR) is 70.7 cm³/mol. The van der Waals surface area contributed by atoms with E-state index in [4.69, 9.17) is 15.6 Å². The van der Waals surface area contributed by atoms with Crippen molar-refractivity contribution in [2.45, 2.75) is 37.8 Å². The maximum Gasteiger partial charge on any atom is 0.323 e. The Morgan fingerprint density at radius 3 is 2.85 bits per heavy atom. The maximum atomic E-state index is 11.1. The Kier molecular flexibility index (Phi) is 3.63. The van der Waals surface area contributed by atoms with Crippen LogP contribution in [0.15, 0.2) is 18.2 Å². The first-order valence-corrected chi connectivity index (χ1v) is 6.26. The number of rotatable bonds is 4. The number of nitro benzene ring substituents is 1. The van der Waals surface area contributed by atoms with Crippen molar-refractivity contribution in [3.05, 3.63) is 33.9 Å². The van der Waals surface area contributed by atoms with Gasteiger partial charge in [0.2, 0.25) is 0 Å². The average molecular weight is 280 g/mol. The second-order valence-electron chi connectivity index (χ2n) is 5.15. The van der Waals surface area contributed by atoms with Crippen molar-refractivity contribution in [3.8, 4) is 5.75 Å². The highest BCUT2D eigenvalue weighted by atomic mass is 16.6. The predicted octanol–water partition coefficient (Wildman–Crippen LogP) is 1.62.